The van der Waals surface area contributed by atoms with E-state index in [1.165, 1.54) is 12.8 Å². The van der Waals surface area contributed by atoms with Crippen molar-refractivity contribution in [3.05, 3.63) is 12.7 Å². The number of rotatable bonds is 6. The molecule has 3 nitrogen and oxygen atoms in total. The number of hydrogen-bond acceptors (Lipinski definition) is 1. The Labute approximate surface area is 123 Å². The normalized spacial score (nSPS) is 22.6. The van der Waals surface area contributed by atoms with Crippen molar-refractivity contribution in [3.8, 4) is 0 Å². The molecule has 0 radical (unpaired) electrons. The molecule has 0 atom stereocenters. The van der Waals surface area contributed by atoms with Gasteiger partial charge < -0.3 is 0 Å². The fourth-order valence-corrected chi connectivity index (χ4v) is 5.75. The fourth-order valence-electron chi connectivity index (χ4n) is 3.05. The summed E-state index contributed by atoms with van der Waals surface area (Å²) in [5.74, 6) is 0. The van der Waals surface area contributed by atoms with Crippen molar-refractivity contribution in [2.45, 2.75) is 51.4 Å². The summed E-state index contributed by atoms with van der Waals surface area (Å²) in [5.41, 5.74) is 0. The van der Waals surface area contributed by atoms with E-state index in [1.54, 1.807) is 0 Å². The van der Waals surface area contributed by atoms with Crippen molar-refractivity contribution in [3.63, 3.8) is 0 Å². The van der Waals surface area contributed by atoms with Crippen LogP contribution in [0.25, 0.3) is 0 Å². The lowest BCUT2D eigenvalue weighted by Crippen LogP contribution is -2.36. The summed E-state index contributed by atoms with van der Waals surface area (Å²) >= 11 is 0. The predicted molar refractivity (Wildman–Crippen MR) is 85.6 cm³/mol. The van der Waals surface area contributed by atoms with Crippen LogP contribution in [0.15, 0.2) is 17.4 Å². The lowest BCUT2D eigenvalue weighted by Gasteiger charge is -2.41. The number of piperidine rings is 2. The lowest BCUT2D eigenvalue weighted by atomic mass is 10.2. The minimum absolute atomic E-state index is 0.642. The highest BCUT2D eigenvalue weighted by atomic mass is 31.2. The van der Waals surface area contributed by atoms with Gasteiger partial charge in [-0.25, -0.2) is 14.1 Å². The van der Waals surface area contributed by atoms with Gasteiger partial charge in [0.25, 0.3) is 7.67 Å². The third-order valence-corrected chi connectivity index (χ3v) is 7.03. The Bertz CT molecular complexity index is 325. The minimum Gasteiger partial charge on any atom is -0.247 e. The maximum absolute atomic E-state index is 15.8. The molecule has 0 N–H and O–H groups in total. The highest BCUT2D eigenvalue weighted by molar-refractivity contribution is 7.56. The van der Waals surface area contributed by atoms with Crippen LogP contribution in [-0.4, -0.2) is 42.1 Å². The molecule has 0 aromatic heterocycles. The summed E-state index contributed by atoms with van der Waals surface area (Å²) in [5, 5.41) is 0. The highest BCUT2D eigenvalue weighted by Crippen LogP contribution is 2.59. The second-order valence-electron chi connectivity index (χ2n) is 5.82. The lowest BCUT2D eigenvalue weighted by molar-refractivity contribution is 0.283. The van der Waals surface area contributed by atoms with Crippen LogP contribution in [-0.2, 0) is 0 Å². The van der Waals surface area contributed by atoms with Crippen molar-refractivity contribution in [2.24, 2.45) is 4.74 Å². The standard InChI is InChI=1S/C15H29FN3P/c1-2-3-6-11-17-20(16,18-12-7-4-8-13-18)19-14-9-5-10-15-19/h2H,1,3-15H2. The molecule has 116 valence electrons. The largest absolute Gasteiger partial charge is 0.268 e. The Kier molecular flexibility index (Phi) is 6.73. The van der Waals surface area contributed by atoms with E-state index in [-0.39, 0.29) is 0 Å². The van der Waals surface area contributed by atoms with E-state index in [9.17, 15) is 0 Å². The van der Waals surface area contributed by atoms with Crippen molar-refractivity contribution >= 4 is 7.67 Å². The predicted octanol–water partition coefficient (Wildman–Crippen LogP) is 4.84. The molecule has 0 saturated carbocycles. The zero-order valence-corrected chi connectivity index (χ0v) is 13.5. The maximum Gasteiger partial charge on any atom is 0.268 e. The molecule has 0 bridgehead atoms. The van der Waals surface area contributed by atoms with Crippen molar-refractivity contribution in [2.75, 3.05) is 32.7 Å². The van der Waals surface area contributed by atoms with Gasteiger partial charge in [0.2, 0.25) is 0 Å². The third-order valence-electron chi connectivity index (χ3n) is 4.23. The first-order valence-corrected chi connectivity index (χ1v) is 9.70. The molecule has 0 amide bonds. The van der Waals surface area contributed by atoms with Crippen LogP contribution in [0.2, 0.25) is 0 Å². The highest BCUT2D eigenvalue weighted by Gasteiger charge is 2.35. The van der Waals surface area contributed by atoms with Crippen LogP contribution < -0.4 is 0 Å². The summed E-state index contributed by atoms with van der Waals surface area (Å²) in [6.07, 6.45) is 10.8. The zero-order valence-electron chi connectivity index (χ0n) is 12.6. The van der Waals surface area contributed by atoms with E-state index in [4.69, 9.17) is 0 Å². The number of hydrogen-bond donors (Lipinski definition) is 0. The van der Waals surface area contributed by atoms with E-state index >= 15 is 4.20 Å². The van der Waals surface area contributed by atoms with Gasteiger partial charge in [0.15, 0.2) is 0 Å². The van der Waals surface area contributed by atoms with Crippen LogP contribution >= 0.6 is 7.67 Å². The van der Waals surface area contributed by atoms with Crippen LogP contribution in [0, 0.1) is 0 Å². The van der Waals surface area contributed by atoms with E-state index in [0.717, 1.165) is 64.7 Å². The van der Waals surface area contributed by atoms with Gasteiger partial charge in [-0.1, -0.05) is 18.9 Å². The molecular formula is C15H29FN3P. The SMILES string of the molecule is C=CCCCN=P(F)(N1CCCCC1)N1CCCCC1. The third kappa shape index (κ3) is 4.16. The van der Waals surface area contributed by atoms with E-state index in [0.29, 0.717) is 6.54 Å². The first kappa shape index (κ1) is 16.2. The first-order chi connectivity index (χ1) is 9.77. The van der Waals surface area contributed by atoms with Crippen LogP contribution in [0.5, 0.6) is 0 Å². The van der Waals surface area contributed by atoms with E-state index in [1.807, 2.05) is 6.08 Å². The molecule has 5 heteroatoms. The molecule has 0 spiro atoms. The van der Waals surface area contributed by atoms with Crippen LogP contribution in [0.1, 0.15) is 51.4 Å². The number of allylic oxidation sites excluding steroid dienone is 1. The number of unbranched alkanes of at least 4 members (excludes halogenated alkanes) is 1. The van der Waals surface area contributed by atoms with Gasteiger partial charge in [-0.3, -0.25) is 0 Å². The zero-order chi connectivity index (χ0) is 14.3. The van der Waals surface area contributed by atoms with E-state index < -0.39 is 7.67 Å². The Morgan fingerprint density at radius 3 is 1.90 bits per heavy atom. The second kappa shape index (κ2) is 8.31. The molecule has 2 heterocycles. The van der Waals surface area contributed by atoms with Crippen molar-refractivity contribution < 1.29 is 4.20 Å². The average Bonchev–Trinajstić information content (AvgIpc) is 2.53. The molecular weight excluding hydrogens is 272 g/mol. The summed E-state index contributed by atoms with van der Waals surface area (Å²) in [7, 11) is -2.90. The topological polar surface area (TPSA) is 18.8 Å². The Balaban J connectivity index is 2.09. The smallest absolute Gasteiger partial charge is 0.247 e. The molecule has 0 unspecified atom stereocenters. The quantitative estimate of drug-likeness (QED) is 0.397. The van der Waals surface area contributed by atoms with Gasteiger partial charge in [-0.15, -0.1) is 6.58 Å². The number of nitrogens with zero attached hydrogens (tertiary/aromatic N) is 3. The summed E-state index contributed by atoms with van der Waals surface area (Å²) in [4.78, 5) is 0. The molecule has 0 aliphatic carbocycles. The second-order valence-corrected chi connectivity index (χ2v) is 8.22. The van der Waals surface area contributed by atoms with Crippen molar-refractivity contribution in [1.82, 2.24) is 9.34 Å². The molecule has 0 aromatic rings. The van der Waals surface area contributed by atoms with Gasteiger partial charge in [-0.2, -0.15) is 4.20 Å². The summed E-state index contributed by atoms with van der Waals surface area (Å²) in [6.45, 7) is 7.95. The van der Waals surface area contributed by atoms with Crippen LogP contribution in [0.4, 0.5) is 4.20 Å². The molecule has 0 aromatic carbocycles. The van der Waals surface area contributed by atoms with E-state index in [2.05, 4.69) is 20.7 Å². The molecule has 20 heavy (non-hydrogen) atoms. The van der Waals surface area contributed by atoms with Gasteiger partial charge in [0, 0.05) is 32.7 Å². The van der Waals surface area contributed by atoms with Crippen LogP contribution in [0.3, 0.4) is 0 Å². The Morgan fingerprint density at radius 1 is 0.950 bits per heavy atom. The molecule has 2 saturated heterocycles. The first-order valence-electron chi connectivity index (χ1n) is 8.17. The summed E-state index contributed by atoms with van der Waals surface area (Å²) < 4.78 is 24.5. The molecule has 2 fully saturated rings. The molecule has 2 rings (SSSR count). The molecule has 2 aliphatic heterocycles. The molecule has 2 aliphatic rings. The Hall–Kier alpha value is -0.180. The number of halogens is 1. The van der Waals surface area contributed by atoms with Crippen molar-refractivity contribution in [1.29, 1.82) is 0 Å². The van der Waals surface area contributed by atoms with Gasteiger partial charge in [0.1, 0.15) is 0 Å². The maximum atomic E-state index is 15.8. The van der Waals surface area contributed by atoms with Gasteiger partial charge >= 0.3 is 0 Å². The summed E-state index contributed by atoms with van der Waals surface area (Å²) in [6, 6.07) is 0. The van der Waals surface area contributed by atoms with Gasteiger partial charge in [-0.05, 0) is 38.5 Å². The Morgan fingerprint density at radius 2 is 1.45 bits per heavy atom. The minimum atomic E-state index is -2.90. The van der Waals surface area contributed by atoms with Gasteiger partial charge in [0.05, 0.1) is 0 Å². The fraction of sp³-hybridized carbons (Fsp3) is 0.867. The average molecular weight is 301 g/mol. The monoisotopic (exact) mass is 301 g/mol.